The Morgan fingerprint density at radius 2 is 2.04 bits per heavy atom. The molecule has 3 N–H and O–H groups in total. The van der Waals surface area contributed by atoms with E-state index in [0.29, 0.717) is 0 Å². The van der Waals surface area contributed by atoms with Crippen LogP contribution in [-0.4, -0.2) is 32.7 Å². The maximum Gasteiger partial charge on any atom is 0.278 e. The van der Waals surface area contributed by atoms with Crippen LogP contribution >= 0.6 is 11.6 Å². The lowest BCUT2D eigenvalue weighted by Gasteiger charge is -2.16. The number of hydroxylamine groups is 1. The molecule has 0 saturated carbocycles. The number of nitrogens with zero attached hydrogens (tertiary/aromatic N) is 1. The van der Waals surface area contributed by atoms with Crippen LogP contribution in [0.5, 0.6) is 0 Å². The molecule has 1 aromatic carbocycles. The first-order chi connectivity index (χ1) is 11.7. The standard InChI is InChI=1S/C14H14ClFN4O4S/c1-24-19-14(21)8-7-17-12(15)6-11(8)18-10-5-3-4-9(16)13(10)20-25(2,22)23/h3-7,20H,1-2H3,(H,17,18)(H,19,21). The van der Waals surface area contributed by atoms with Crippen molar-refractivity contribution in [3.05, 3.63) is 47.0 Å². The SMILES string of the molecule is CONC(=O)c1cnc(Cl)cc1Nc1cccc(F)c1NS(C)(=O)=O. The number of amides is 1. The summed E-state index contributed by atoms with van der Waals surface area (Å²) in [6.07, 6.45) is 2.09. The van der Waals surface area contributed by atoms with Crippen LogP contribution in [-0.2, 0) is 14.9 Å². The maximum atomic E-state index is 14.0. The van der Waals surface area contributed by atoms with Crippen molar-refractivity contribution in [2.24, 2.45) is 0 Å². The van der Waals surface area contributed by atoms with Crippen molar-refractivity contribution in [2.45, 2.75) is 0 Å². The number of carbonyl (C=O) groups excluding carboxylic acids is 1. The van der Waals surface area contributed by atoms with E-state index in [0.717, 1.165) is 12.3 Å². The number of hydrogen-bond acceptors (Lipinski definition) is 6. The molecule has 0 aliphatic carbocycles. The quantitative estimate of drug-likeness (QED) is 0.517. The first-order valence-electron chi connectivity index (χ1n) is 6.73. The van der Waals surface area contributed by atoms with Gasteiger partial charge in [-0.15, -0.1) is 0 Å². The van der Waals surface area contributed by atoms with E-state index < -0.39 is 21.7 Å². The molecule has 1 aromatic heterocycles. The van der Waals surface area contributed by atoms with Crippen LogP contribution in [0, 0.1) is 5.82 Å². The molecule has 134 valence electrons. The monoisotopic (exact) mass is 388 g/mol. The third-order valence-corrected chi connectivity index (χ3v) is 3.66. The molecule has 2 aromatic rings. The number of sulfonamides is 1. The lowest BCUT2D eigenvalue weighted by molar-refractivity contribution is 0.0538. The van der Waals surface area contributed by atoms with E-state index >= 15 is 0 Å². The minimum absolute atomic E-state index is 0.0563. The van der Waals surface area contributed by atoms with E-state index in [1.807, 2.05) is 0 Å². The number of halogens is 2. The summed E-state index contributed by atoms with van der Waals surface area (Å²) in [6.45, 7) is 0. The first-order valence-corrected chi connectivity index (χ1v) is 9.00. The molecular weight excluding hydrogens is 375 g/mol. The number of hydrogen-bond donors (Lipinski definition) is 3. The molecule has 0 fully saturated rings. The highest BCUT2D eigenvalue weighted by Crippen LogP contribution is 2.31. The largest absolute Gasteiger partial charge is 0.353 e. The van der Waals surface area contributed by atoms with Crippen molar-refractivity contribution in [2.75, 3.05) is 23.4 Å². The predicted octanol–water partition coefficient (Wildman–Crippen LogP) is 2.28. The Labute approximate surface area is 148 Å². The molecule has 0 aliphatic heterocycles. The van der Waals surface area contributed by atoms with Gasteiger partial charge in [-0.1, -0.05) is 17.7 Å². The van der Waals surface area contributed by atoms with Crippen molar-refractivity contribution in [3.63, 3.8) is 0 Å². The zero-order chi connectivity index (χ0) is 18.6. The second-order valence-corrected chi connectivity index (χ2v) is 6.99. The van der Waals surface area contributed by atoms with Crippen LogP contribution in [0.4, 0.5) is 21.5 Å². The van der Waals surface area contributed by atoms with Crippen LogP contribution < -0.4 is 15.5 Å². The Morgan fingerprint density at radius 1 is 1.32 bits per heavy atom. The van der Waals surface area contributed by atoms with Gasteiger partial charge in [0.15, 0.2) is 0 Å². The number of benzene rings is 1. The number of rotatable bonds is 6. The van der Waals surface area contributed by atoms with Crippen molar-refractivity contribution in [1.82, 2.24) is 10.5 Å². The molecule has 2 rings (SSSR count). The zero-order valence-corrected chi connectivity index (χ0v) is 14.7. The number of para-hydroxylation sites is 1. The molecule has 0 unspecified atom stereocenters. The normalized spacial score (nSPS) is 11.0. The van der Waals surface area contributed by atoms with E-state index in [4.69, 9.17) is 11.6 Å². The minimum Gasteiger partial charge on any atom is -0.353 e. The summed E-state index contributed by atoms with van der Waals surface area (Å²) in [5.74, 6) is -1.42. The fraction of sp³-hybridized carbons (Fsp3) is 0.143. The van der Waals surface area contributed by atoms with Crippen LogP contribution in [0.25, 0.3) is 0 Å². The number of anilines is 3. The Hall–Kier alpha value is -2.43. The second-order valence-electron chi connectivity index (χ2n) is 4.85. The summed E-state index contributed by atoms with van der Waals surface area (Å²) in [5, 5.41) is 2.85. The third-order valence-electron chi connectivity index (χ3n) is 2.88. The van der Waals surface area contributed by atoms with Crippen molar-refractivity contribution in [1.29, 1.82) is 0 Å². The molecule has 25 heavy (non-hydrogen) atoms. The first kappa shape index (κ1) is 18.9. The molecule has 0 spiro atoms. The highest BCUT2D eigenvalue weighted by atomic mass is 35.5. The number of carbonyl (C=O) groups is 1. The highest BCUT2D eigenvalue weighted by molar-refractivity contribution is 7.92. The average molecular weight is 389 g/mol. The van der Waals surface area contributed by atoms with E-state index in [-0.39, 0.29) is 27.8 Å². The molecule has 11 heteroatoms. The van der Waals surface area contributed by atoms with Crippen molar-refractivity contribution >= 4 is 44.6 Å². The molecule has 1 heterocycles. The molecule has 0 aliphatic rings. The Bertz CT molecular complexity index is 908. The molecule has 0 radical (unpaired) electrons. The summed E-state index contributed by atoms with van der Waals surface area (Å²) in [6, 6.07) is 5.24. The topological polar surface area (TPSA) is 109 Å². The molecule has 8 nitrogen and oxygen atoms in total. The zero-order valence-electron chi connectivity index (χ0n) is 13.1. The highest BCUT2D eigenvalue weighted by Gasteiger charge is 2.17. The van der Waals surface area contributed by atoms with Crippen LogP contribution in [0.3, 0.4) is 0 Å². The van der Waals surface area contributed by atoms with E-state index in [2.05, 4.69) is 25.3 Å². The molecule has 0 bridgehead atoms. The maximum absolute atomic E-state index is 14.0. The predicted molar refractivity (Wildman–Crippen MR) is 91.9 cm³/mol. The number of aromatic nitrogens is 1. The van der Waals surface area contributed by atoms with Crippen LogP contribution in [0.2, 0.25) is 5.15 Å². The lowest BCUT2D eigenvalue weighted by Crippen LogP contribution is -2.23. The van der Waals surface area contributed by atoms with Gasteiger partial charge in [-0.3, -0.25) is 14.4 Å². The van der Waals surface area contributed by atoms with Gasteiger partial charge in [0.25, 0.3) is 5.91 Å². The lowest BCUT2D eigenvalue weighted by atomic mass is 10.2. The van der Waals surface area contributed by atoms with Gasteiger partial charge in [0.2, 0.25) is 10.0 Å². The van der Waals surface area contributed by atoms with Gasteiger partial charge in [-0.25, -0.2) is 23.3 Å². The minimum atomic E-state index is -3.73. The Balaban J connectivity index is 2.48. The van der Waals surface area contributed by atoms with E-state index in [1.165, 1.54) is 31.5 Å². The molecule has 0 saturated heterocycles. The Kier molecular flexibility index (Phi) is 5.77. The van der Waals surface area contributed by atoms with Crippen LogP contribution in [0.1, 0.15) is 10.4 Å². The summed E-state index contributed by atoms with van der Waals surface area (Å²) in [4.78, 5) is 20.4. The van der Waals surface area contributed by atoms with Gasteiger partial charge >= 0.3 is 0 Å². The second kappa shape index (κ2) is 7.64. The van der Waals surface area contributed by atoms with Crippen molar-refractivity contribution < 1.29 is 22.4 Å². The molecule has 1 amide bonds. The van der Waals surface area contributed by atoms with E-state index in [9.17, 15) is 17.6 Å². The van der Waals surface area contributed by atoms with Gasteiger partial charge in [0.1, 0.15) is 16.7 Å². The third kappa shape index (κ3) is 5.02. The van der Waals surface area contributed by atoms with Crippen LogP contribution in [0.15, 0.2) is 30.5 Å². The average Bonchev–Trinajstić information content (AvgIpc) is 2.50. The molecular formula is C14H14ClFN4O4S. The summed E-state index contributed by atoms with van der Waals surface area (Å²) in [5.41, 5.74) is 2.15. The fourth-order valence-corrected chi connectivity index (χ4v) is 2.66. The number of nitrogens with one attached hydrogen (secondary N) is 3. The Morgan fingerprint density at radius 3 is 2.68 bits per heavy atom. The van der Waals surface area contributed by atoms with Gasteiger partial charge in [-0.2, -0.15) is 0 Å². The molecule has 0 atom stereocenters. The number of pyridine rings is 1. The van der Waals surface area contributed by atoms with Crippen molar-refractivity contribution in [3.8, 4) is 0 Å². The van der Waals surface area contributed by atoms with Gasteiger partial charge in [-0.05, 0) is 18.2 Å². The summed E-state index contributed by atoms with van der Waals surface area (Å²) in [7, 11) is -2.47. The summed E-state index contributed by atoms with van der Waals surface area (Å²) < 4.78 is 39.0. The van der Waals surface area contributed by atoms with Gasteiger partial charge in [0, 0.05) is 6.20 Å². The fourth-order valence-electron chi connectivity index (χ4n) is 1.92. The van der Waals surface area contributed by atoms with E-state index in [1.54, 1.807) is 0 Å². The van der Waals surface area contributed by atoms with Gasteiger partial charge in [0.05, 0.1) is 30.3 Å². The summed E-state index contributed by atoms with van der Waals surface area (Å²) >= 11 is 5.84. The smallest absolute Gasteiger partial charge is 0.278 e. The van der Waals surface area contributed by atoms with Gasteiger partial charge < -0.3 is 5.32 Å².